The molecule has 1 heterocycles. The molecule has 0 saturated heterocycles. The van der Waals surface area contributed by atoms with Crippen molar-refractivity contribution in [3.63, 3.8) is 0 Å². The maximum atomic E-state index is 11.6. The van der Waals surface area contributed by atoms with Gasteiger partial charge in [0.05, 0.1) is 6.54 Å². The highest BCUT2D eigenvalue weighted by atomic mass is 32.2. The summed E-state index contributed by atoms with van der Waals surface area (Å²) in [5, 5.41) is 0. The quantitative estimate of drug-likeness (QED) is 0.662. The summed E-state index contributed by atoms with van der Waals surface area (Å²) in [4.78, 5) is 4.19. The summed E-state index contributed by atoms with van der Waals surface area (Å²) in [7, 11) is 0. The normalized spacial score (nSPS) is 16.0. The zero-order valence-electron chi connectivity index (χ0n) is 6.43. The van der Waals surface area contributed by atoms with Gasteiger partial charge in [0.1, 0.15) is 4.38 Å². The first-order valence-electron chi connectivity index (χ1n) is 3.60. The number of thioether (sulfide) groups is 2. The third-order valence-electron chi connectivity index (χ3n) is 1.20. The molecule has 1 rings (SSSR count). The highest BCUT2D eigenvalue weighted by molar-refractivity contribution is 8.39. The fourth-order valence-corrected chi connectivity index (χ4v) is 2.68. The van der Waals surface area contributed by atoms with Gasteiger partial charge in [-0.2, -0.15) is 8.78 Å². The van der Waals surface area contributed by atoms with E-state index in [9.17, 15) is 8.78 Å². The minimum Gasteiger partial charge on any atom is -0.271 e. The third kappa shape index (κ3) is 4.11. The molecule has 1 nitrogen and oxygen atoms in total. The molecule has 0 saturated carbocycles. The monoisotopic (exact) mass is 209 g/mol. The summed E-state index contributed by atoms with van der Waals surface area (Å²) < 4.78 is 24.1. The molecular formula is C7H9F2NS2. The van der Waals surface area contributed by atoms with Crippen LogP contribution >= 0.6 is 23.5 Å². The summed E-state index contributed by atoms with van der Waals surface area (Å²) in [6, 6.07) is 0. The smallest absolute Gasteiger partial charge is 0.266 e. The minimum atomic E-state index is -1.59. The van der Waals surface area contributed by atoms with Crippen molar-refractivity contribution in [2.75, 3.05) is 18.1 Å². The van der Waals surface area contributed by atoms with Crippen LogP contribution in [0.5, 0.6) is 0 Å². The van der Waals surface area contributed by atoms with Crippen molar-refractivity contribution in [1.29, 1.82) is 0 Å². The first-order valence-corrected chi connectivity index (χ1v) is 5.57. The first kappa shape index (κ1) is 10.1. The predicted molar refractivity (Wildman–Crippen MR) is 52.1 cm³/mol. The van der Waals surface area contributed by atoms with Crippen LogP contribution in [-0.2, 0) is 0 Å². The van der Waals surface area contributed by atoms with Crippen LogP contribution in [0.3, 0.4) is 0 Å². The van der Waals surface area contributed by atoms with E-state index in [0.29, 0.717) is 12.2 Å². The molecule has 12 heavy (non-hydrogen) atoms. The van der Waals surface area contributed by atoms with Crippen molar-refractivity contribution in [2.24, 2.45) is 4.99 Å². The average Bonchev–Trinajstić information content (AvgIpc) is 2.49. The van der Waals surface area contributed by atoms with Crippen LogP contribution in [0.2, 0.25) is 0 Å². The van der Waals surface area contributed by atoms with Gasteiger partial charge in [-0.25, -0.2) is 0 Å². The second-order valence-corrected chi connectivity index (χ2v) is 4.55. The highest BCUT2D eigenvalue weighted by Crippen LogP contribution is 2.22. The van der Waals surface area contributed by atoms with Crippen LogP contribution in [0.1, 0.15) is 6.42 Å². The van der Waals surface area contributed by atoms with Gasteiger partial charge in [-0.3, -0.25) is 4.99 Å². The van der Waals surface area contributed by atoms with Crippen LogP contribution in [0, 0.1) is 0 Å². The molecule has 0 aromatic rings. The van der Waals surface area contributed by atoms with E-state index in [1.807, 2.05) is 0 Å². The van der Waals surface area contributed by atoms with Crippen molar-refractivity contribution >= 4 is 27.9 Å². The molecule has 0 atom stereocenters. The van der Waals surface area contributed by atoms with E-state index in [-0.39, 0.29) is 0 Å². The Bertz CT molecular complexity index is 200. The average molecular weight is 209 g/mol. The number of halogens is 2. The van der Waals surface area contributed by atoms with Crippen LogP contribution in [0.25, 0.3) is 0 Å². The Morgan fingerprint density at radius 2 is 2.50 bits per heavy atom. The van der Waals surface area contributed by atoms with Crippen molar-refractivity contribution in [3.05, 3.63) is 12.2 Å². The third-order valence-corrected chi connectivity index (χ3v) is 3.49. The molecule has 5 heteroatoms. The molecule has 0 amide bonds. The maximum absolute atomic E-state index is 11.6. The van der Waals surface area contributed by atoms with Gasteiger partial charge in [0.15, 0.2) is 0 Å². The van der Waals surface area contributed by atoms with E-state index in [2.05, 4.69) is 4.99 Å². The van der Waals surface area contributed by atoms with E-state index < -0.39 is 6.08 Å². The maximum Gasteiger partial charge on any atom is 0.266 e. The molecule has 0 spiro atoms. The van der Waals surface area contributed by atoms with E-state index in [0.717, 1.165) is 22.7 Å². The van der Waals surface area contributed by atoms with Gasteiger partial charge in [-0.15, -0.1) is 0 Å². The summed E-state index contributed by atoms with van der Waals surface area (Å²) in [5.74, 6) is 1.73. The second kappa shape index (κ2) is 5.59. The highest BCUT2D eigenvalue weighted by Gasteiger charge is 2.06. The van der Waals surface area contributed by atoms with E-state index in [4.69, 9.17) is 0 Å². The van der Waals surface area contributed by atoms with Crippen molar-refractivity contribution < 1.29 is 8.78 Å². The van der Waals surface area contributed by atoms with Gasteiger partial charge in [-0.1, -0.05) is 23.5 Å². The van der Waals surface area contributed by atoms with Crippen LogP contribution in [0.15, 0.2) is 17.1 Å². The molecule has 0 aromatic heterocycles. The number of nitrogens with zero attached hydrogens (tertiary/aromatic N) is 1. The Labute approximate surface area is 78.7 Å². The van der Waals surface area contributed by atoms with Gasteiger partial charge in [0, 0.05) is 11.5 Å². The Balaban J connectivity index is 2.06. The number of allylic oxidation sites excluding steroid dienone is 1. The Hall–Kier alpha value is -0.0300. The standard InChI is InChI=1S/C7H9F2NS2/c8-6(9)2-1-4-11-7-10-3-5-12-7/h2H,1,3-5H2. The molecule has 0 unspecified atom stereocenters. The van der Waals surface area contributed by atoms with Gasteiger partial charge >= 0.3 is 0 Å². The SMILES string of the molecule is FC(F)=CCCSC1=NCCS1. The fraction of sp³-hybridized carbons (Fsp3) is 0.571. The molecule has 0 fully saturated rings. The molecular weight excluding hydrogens is 200 g/mol. The van der Waals surface area contributed by atoms with Gasteiger partial charge in [-0.05, 0) is 12.5 Å². The number of hydrogen-bond donors (Lipinski definition) is 0. The number of hydrogen-bond acceptors (Lipinski definition) is 3. The molecule has 68 valence electrons. The number of rotatable bonds is 3. The zero-order valence-corrected chi connectivity index (χ0v) is 8.06. The fourth-order valence-electron chi connectivity index (χ4n) is 0.717. The van der Waals surface area contributed by atoms with E-state index >= 15 is 0 Å². The van der Waals surface area contributed by atoms with E-state index in [1.165, 1.54) is 0 Å². The molecule has 0 N–H and O–H groups in total. The Morgan fingerprint density at radius 3 is 3.08 bits per heavy atom. The Morgan fingerprint density at radius 1 is 1.67 bits per heavy atom. The first-order chi connectivity index (χ1) is 5.79. The lowest BCUT2D eigenvalue weighted by Gasteiger charge is -1.95. The molecule has 0 radical (unpaired) electrons. The van der Waals surface area contributed by atoms with Gasteiger partial charge < -0.3 is 0 Å². The molecule has 0 aromatic carbocycles. The molecule has 1 aliphatic heterocycles. The van der Waals surface area contributed by atoms with Crippen molar-refractivity contribution in [3.8, 4) is 0 Å². The topological polar surface area (TPSA) is 12.4 Å². The van der Waals surface area contributed by atoms with Crippen molar-refractivity contribution in [1.82, 2.24) is 0 Å². The minimum absolute atomic E-state index is 0.423. The Kier molecular flexibility index (Phi) is 4.68. The molecule has 1 aliphatic rings. The summed E-state index contributed by atoms with van der Waals surface area (Å²) in [6.45, 7) is 0.875. The molecule has 0 bridgehead atoms. The summed E-state index contributed by atoms with van der Waals surface area (Å²) in [6.07, 6.45) is -0.212. The van der Waals surface area contributed by atoms with Gasteiger partial charge in [0.2, 0.25) is 0 Å². The van der Waals surface area contributed by atoms with Crippen LogP contribution in [0.4, 0.5) is 8.78 Å². The second-order valence-electron chi connectivity index (χ2n) is 2.13. The lowest BCUT2D eigenvalue weighted by atomic mass is 10.5. The summed E-state index contributed by atoms with van der Waals surface area (Å²) in [5.41, 5.74) is 0. The zero-order chi connectivity index (χ0) is 8.81. The summed E-state index contributed by atoms with van der Waals surface area (Å²) >= 11 is 3.27. The largest absolute Gasteiger partial charge is 0.271 e. The van der Waals surface area contributed by atoms with Crippen molar-refractivity contribution in [2.45, 2.75) is 6.42 Å². The lowest BCUT2D eigenvalue weighted by molar-refractivity contribution is 0.418. The number of aliphatic imine (C=N–C) groups is 1. The van der Waals surface area contributed by atoms with Crippen LogP contribution in [-0.4, -0.2) is 22.4 Å². The lowest BCUT2D eigenvalue weighted by Crippen LogP contribution is -1.83. The van der Waals surface area contributed by atoms with E-state index in [1.54, 1.807) is 23.5 Å². The van der Waals surface area contributed by atoms with Crippen LogP contribution < -0.4 is 0 Å². The predicted octanol–water partition coefficient (Wildman–Crippen LogP) is 2.99. The molecule has 0 aliphatic carbocycles. The van der Waals surface area contributed by atoms with Gasteiger partial charge in [0.25, 0.3) is 6.08 Å².